The second-order valence-corrected chi connectivity index (χ2v) is 8.46. The number of ether oxygens (including phenoxy) is 2. The molecule has 0 fully saturated rings. The molecule has 0 aliphatic heterocycles. The highest BCUT2D eigenvalue weighted by atomic mass is 32.2. The van der Waals surface area contributed by atoms with Crippen LogP contribution in [0.15, 0.2) is 42.7 Å². The Labute approximate surface area is 179 Å². The van der Waals surface area contributed by atoms with E-state index in [1.165, 1.54) is 31.9 Å². The molecule has 0 amide bonds. The lowest BCUT2D eigenvalue weighted by molar-refractivity contribution is 0.153. The van der Waals surface area contributed by atoms with Gasteiger partial charge in [-0.2, -0.15) is 0 Å². The van der Waals surface area contributed by atoms with Crippen LogP contribution in [-0.4, -0.2) is 64.6 Å². The summed E-state index contributed by atoms with van der Waals surface area (Å²) in [6, 6.07) is 8.50. The van der Waals surface area contributed by atoms with Gasteiger partial charge in [-0.1, -0.05) is 6.07 Å². The first-order valence-corrected chi connectivity index (χ1v) is 10.6. The largest absolute Gasteiger partial charge is 0.481 e. The van der Waals surface area contributed by atoms with Crippen molar-refractivity contribution in [2.45, 2.75) is 18.3 Å². The third kappa shape index (κ3) is 4.62. The van der Waals surface area contributed by atoms with Crippen LogP contribution >= 0.6 is 0 Å². The molecule has 4 N–H and O–H groups in total. The summed E-state index contributed by atoms with van der Waals surface area (Å²) in [7, 11) is -1.30. The van der Waals surface area contributed by atoms with Crippen molar-refractivity contribution >= 4 is 21.8 Å². The summed E-state index contributed by atoms with van der Waals surface area (Å²) in [5.41, 5.74) is 6.39. The Kier molecular flexibility index (Phi) is 6.46. The van der Waals surface area contributed by atoms with E-state index in [1.807, 2.05) is 0 Å². The van der Waals surface area contributed by atoms with Crippen LogP contribution < -0.4 is 15.2 Å². The van der Waals surface area contributed by atoms with Gasteiger partial charge in [0.15, 0.2) is 5.82 Å². The van der Waals surface area contributed by atoms with Crippen LogP contribution in [0.3, 0.4) is 0 Å². The summed E-state index contributed by atoms with van der Waals surface area (Å²) in [4.78, 5) is 8.43. The lowest BCUT2D eigenvalue weighted by atomic mass is 10.2. The van der Waals surface area contributed by atoms with E-state index in [0.29, 0.717) is 17.3 Å². The minimum atomic E-state index is -4.07. The standard InChI is InChI=1S/C18H22N8O4S/c1-11(15(30-3)16(19)20)31(27,28)25-18-24-23-17(13-7-4-8-14(22-13)29-2)26(18)12-6-5-9-21-10-12/h4-11,15H,1-3H3,(H3,19,20)(H,24,25)/t11-,15-/m0/s1. The molecular weight excluding hydrogens is 424 g/mol. The first kappa shape index (κ1) is 22.1. The number of amidine groups is 1. The predicted molar refractivity (Wildman–Crippen MR) is 114 cm³/mol. The number of pyridine rings is 2. The smallest absolute Gasteiger partial charge is 0.243 e. The van der Waals surface area contributed by atoms with Crippen LogP contribution in [0.2, 0.25) is 0 Å². The third-order valence-electron chi connectivity index (χ3n) is 4.44. The van der Waals surface area contributed by atoms with Gasteiger partial charge in [0.1, 0.15) is 22.9 Å². The summed E-state index contributed by atoms with van der Waals surface area (Å²) < 4.78 is 40.0. The number of hydrogen-bond acceptors (Lipinski definition) is 9. The predicted octanol–water partition coefficient (Wildman–Crippen LogP) is 0.814. The van der Waals surface area contributed by atoms with Gasteiger partial charge in [0, 0.05) is 19.4 Å². The molecule has 0 aliphatic rings. The Bertz CT molecular complexity index is 1170. The summed E-state index contributed by atoms with van der Waals surface area (Å²) in [6.45, 7) is 1.38. The molecule has 3 heterocycles. The van der Waals surface area contributed by atoms with Crippen molar-refractivity contribution in [1.82, 2.24) is 24.7 Å². The van der Waals surface area contributed by atoms with Crippen molar-refractivity contribution in [3.8, 4) is 23.1 Å². The van der Waals surface area contributed by atoms with Gasteiger partial charge in [-0.3, -0.25) is 19.7 Å². The van der Waals surface area contributed by atoms with Gasteiger partial charge in [-0.05, 0) is 25.1 Å². The first-order valence-electron chi connectivity index (χ1n) is 9.04. The summed E-state index contributed by atoms with van der Waals surface area (Å²) >= 11 is 0. The number of aromatic nitrogens is 5. The number of hydrogen-bond donors (Lipinski definition) is 3. The summed E-state index contributed by atoms with van der Waals surface area (Å²) in [5, 5.41) is 14.5. The third-order valence-corrected chi connectivity index (χ3v) is 6.13. The van der Waals surface area contributed by atoms with E-state index in [0.717, 1.165) is 0 Å². The number of anilines is 1. The number of sulfonamides is 1. The maximum Gasteiger partial charge on any atom is 0.243 e. The molecule has 3 aromatic heterocycles. The summed E-state index contributed by atoms with van der Waals surface area (Å²) in [5.74, 6) is 0.138. The Morgan fingerprint density at radius 2 is 2.00 bits per heavy atom. The molecule has 0 unspecified atom stereocenters. The molecule has 2 atom stereocenters. The van der Waals surface area contributed by atoms with Crippen molar-refractivity contribution in [3.05, 3.63) is 42.7 Å². The molecule has 0 radical (unpaired) electrons. The molecule has 13 heteroatoms. The Morgan fingerprint density at radius 1 is 1.23 bits per heavy atom. The molecular formula is C18H22N8O4S. The van der Waals surface area contributed by atoms with Crippen LogP contribution in [0, 0.1) is 5.41 Å². The van der Waals surface area contributed by atoms with E-state index in [2.05, 4.69) is 24.9 Å². The number of methoxy groups -OCH3 is 2. The monoisotopic (exact) mass is 446 g/mol. The normalized spacial score (nSPS) is 13.4. The Balaban J connectivity index is 2.09. The molecule has 0 bridgehead atoms. The van der Waals surface area contributed by atoms with Crippen LogP contribution in [0.1, 0.15) is 6.92 Å². The second kappa shape index (κ2) is 9.06. The number of nitrogens with two attached hydrogens (primary N) is 1. The van der Waals surface area contributed by atoms with E-state index < -0.39 is 27.2 Å². The molecule has 0 spiro atoms. The Morgan fingerprint density at radius 3 is 2.61 bits per heavy atom. The average molecular weight is 446 g/mol. The Hall–Kier alpha value is -3.58. The molecule has 0 aromatic carbocycles. The van der Waals surface area contributed by atoms with Crippen LogP contribution in [0.5, 0.6) is 5.88 Å². The minimum Gasteiger partial charge on any atom is -0.481 e. The lowest BCUT2D eigenvalue weighted by Crippen LogP contribution is -2.44. The average Bonchev–Trinajstić information content (AvgIpc) is 3.17. The lowest BCUT2D eigenvalue weighted by Gasteiger charge is -2.22. The first-order chi connectivity index (χ1) is 14.8. The molecule has 0 aliphatic carbocycles. The zero-order chi connectivity index (χ0) is 22.6. The van der Waals surface area contributed by atoms with E-state index in [1.54, 1.807) is 36.5 Å². The summed E-state index contributed by atoms with van der Waals surface area (Å²) in [6.07, 6.45) is 1.98. The van der Waals surface area contributed by atoms with Gasteiger partial charge in [-0.25, -0.2) is 13.4 Å². The quantitative estimate of drug-likeness (QED) is 0.318. The molecule has 3 rings (SSSR count). The van der Waals surface area contributed by atoms with Crippen molar-refractivity contribution in [1.29, 1.82) is 5.41 Å². The molecule has 31 heavy (non-hydrogen) atoms. The fraction of sp³-hybridized carbons (Fsp3) is 0.278. The van der Waals surface area contributed by atoms with Gasteiger partial charge < -0.3 is 15.2 Å². The van der Waals surface area contributed by atoms with E-state index in [4.69, 9.17) is 20.6 Å². The number of nitrogens with zero attached hydrogens (tertiary/aromatic N) is 5. The number of rotatable bonds is 9. The van der Waals surface area contributed by atoms with E-state index in [9.17, 15) is 8.42 Å². The maximum atomic E-state index is 13.0. The van der Waals surface area contributed by atoms with Gasteiger partial charge >= 0.3 is 0 Å². The van der Waals surface area contributed by atoms with Crippen LogP contribution in [-0.2, 0) is 14.8 Å². The highest BCUT2D eigenvalue weighted by Crippen LogP contribution is 2.26. The van der Waals surface area contributed by atoms with Gasteiger partial charge in [0.25, 0.3) is 0 Å². The van der Waals surface area contributed by atoms with Crippen LogP contribution in [0.25, 0.3) is 17.2 Å². The highest BCUT2D eigenvalue weighted by molar-refractivity contribution is 7.93. The SMILES string of the molecule is COc1cccc(-c2nnc(NS(=O)(=O)[C@@H](C)[C@H](OC)C(=N)N)n2-c2cccnc2)n1. The zero-order valence-electron chi connectivity index (χ0n) is 17.1. The second-order valence-electron chi connectivity index (χ2n) is 6.42. The molecule has 12 nitrogen and oxygen atoms in total. The van der Waals surface area contributed by atoms with Crippen molar-refractivity contribution in [2.24, 2.45) is 5.73 Å². The highest BCUT2D eigenvalue weighted by Gasteiger charge is 2.33. The zero-order valence-corrected chi connectivity index (χ0v) is 17.9. The van der Waals surface area contributed by atoms with Crippen molar-refractivity contribution < 1.29 is 17.9 Å². The van der Waals surface area contributed by atoms with E-state index in [-0.39, 0.29) is 11.8 Å². The van der Waals surface area contributed by atoms with Gasteiger partial charge in [-0.15, -0.1) is 10.2 Å². The van der Waals surface area contributed by atoms with E-state index >= 15 is 0 Å². The topological polar surface area (TPSA) is 171 Å². The molecule has 164 valence electrons. The molecule has 0 saturated carbocycles. The fourth-order valence-corrected chi connectivity index (χ4v) is 4.01. The fourth-order valence-electron chi connectivity index (χ4n) is 2.85. The molecule has 3 aromatic rings. The maximum absolute atomic E-state index is 13.0. The van der Waals surface area contributed by atoms with Crippen molar-refractivity contribution in [2.75, 3.05) is 18.9 Å². The van der Waals surface area contributed by atoms with Crippen LogP contribution in [0.4, 0.5) is 5.95 Å². The van der Waals surface area contributed by atoms with Gasteiger partial charge in [0.05, 0.1) is 19.0 Å². The minimum absolute atomic E-state index is 0.0853. The van der Waals surface area contributed by atoms with Crippen molar-refractivity contribution in [3.63, 3.8) is 0 Å². The van der Waals surface area contributed by atoms with Gasteiger partial charge in [0.2, 0.25) is 21.9 Å². The number of nitrogens with one attached hydrogen (secondary N) is 2. The molecule has 0 saturated heterocycles.